The van der Waals surface area contributed by atoms with Crippen LogP contribution in [-0.4, -0.2) is 27.0 Å². The van der Waals surface area contributed by atoms with Crippen LogP contribution < -0.4 is 10.9 Å². The molecule has 7 nitrogen and oxygen atoms in total. The number of aromatic nitrogens is 2. The van der Waals surface area contributed by atoms with Crippen molar-refractivity contribution >= 4 is 5.91 Å². The smallest absolute Gasteiger partial charge is 0.264 e. The van der Waals surface area contributed by atoms with Crippen molar-refractivity contribution in [1.29, 1.82) is 0 Å². The molecule has 0 aromatic carbocycles. The van der Waals surface area contributed by atoms with E-state index < -0.39 is 17.6 Å². The average molecular weight is 347 g/mol. The Hall–Kier alpha value is -2.41. The number of carbonyl (C=O) groups is 1. The first-order valence-electron chi connectivity index (χ1n) is 8.23. The van der Waals surface area contributed by atoms with Gasteiger partial charge in [-0.15, -0.1) is 0 Å². The van der Waals surface area contributed by atoms with Crippen LogP contribution in [0.5, 0.6) is 0 Å². The highest BCUT2D eigenvalue weighted by molar-refractivity contribution is 5.94. The molecule has 0 aliphatic carbocycles. The van der Waals surface area contributed by atoms with E-state index in [1.807, 2.05) is 20.8 Å². The van der Waals surface area contributed by atoms with Crippen molar-refractivity contribution < 1.29 is 14.3 Å². The number of H-pyrrole nitrogens is 1. The molecule has 0 aliphatic rings. The van der Waals surface area contributed by atoms with Crippen LogP contribution >= 0.6 is 0 Å². The molecular formula is C18H25N3O4. The number of hydrogen-bond donors (Lipinski definition) is 3. The number of furan rings is 1. The number of aryl methyl sites for hydroxylation is 1. The van der Waals surface area contributed by atoms with Crippen molar-refractivity contribution in [3.8, 4) is 0 Å². The van der Waals surface area contributed by atoms with E-state index in [-0.39, 0.29) is 23.4 Å². The van der Waals surface area contributed by atoms with Gasteiger partial charge in [0.2, 0.25) is 0 Å². The molecule has 0 saturated carbocycles. The summed E-state index contributed by atoms with van der Waals surface area (Å²) in [4.78, 5) is 31.8. The summed E-state index contributed by atoms with van der Waals surface area (Å²) < 4.78 is 5.14. The van der Waals surface area contributed by atoms with Gasteiger partial charge in [0.15, 0.2) is 0 Å². The number of nitrogens with zero attached hydrogens (tertiary/aromatic N) is 1. The molecule has 25 heavy (non-hydrogen) atoms. The molecule has 0 spiro atoms. The molecule has 2 aromatic heterocycles. The van der Waals surface area contributed by atoms with E-state index in [1.165, 1.54) is 6.26 Å². The maximum Gasteiger partial charge on any atom is 0.264 e. The molecule has 0 radical (unpaired) electrons. The van der Waals surface area contributed by atoms with Crippen LogP contribution in [0.2, 0.25) is 0 Å². The number of aliphatic hydroxyl groups excluding tert-OH is 1. The molecule has 3 N–H and O–H groups in total. The Morgan fingerprint density at radius 1 is 1.44 bits per heavy atom. The molecule has 0 bridgehead atoms. The normalized spacial score (nSPS) is 14.2. The molecule has 2 heterocycles. The molecule has 0 fully saturated rings. The molecule has 7 heteroatoms. The van der Waals surface area contributed by atoms with Crippen molar-refractivity contribution in [1.82, 2.24) is 15.3 Å². The molecule has 2 rings (SSSR count). The summed E-state index contributed by atoms with van der Waals surface area (Å²) in [5.41, 5.74) is -0.412. The van der Waals surface area contributed by atoms with E-state index >= 15 is 0 Å². The van der Waals surface area contributed by atoms with E-state index in [0.717, 1.165) is 0 Å². The minimum absolute atomic E-state index is 0.00709. The first-order chi connectivity index (χ1) is 11.6. The molecule has 2 unspecified atom stereocenters. The highest BCUT2D eigenvalue weighted by atomic mass is 16.4. The number of hydrogen-bond acceptors (Lipinski definition) is 5. The fraction of sp³-hybridized carbons (Fsp3) is 0.500. The Morgan fingerprint density at radius 3 is 2.64 bits per heavy atom. The van der Waals surface area contributed by atoms with Crippen LogP contribution in [-0.2, 0) is 5.41 Å². The van der Waals surface area contributed by atoms with Gasteiger partial charge in [0.05, 0.1) is 12.0 Å². The zero-order chi connectivity index (χ0) is 18.8. The van der Waals surface area contributed by atoms with Gasteiger partial charge in [0, 0.05) is 17.9 Å². The largest absolute Gasteiger partial charge is 0.467 e. The van der Waals surface area contributed by atoms with Crippen molar-refractivity contribution in [2.24, 2.45) is 0 Å². The SMILES string of the molecule is Cc1nc(C(C)(C)C)[nH]c(=O)c1C(=O)NC(C)CC(O)c1ccco1. The second kappa shape index (κ2) is 7.23. The lowest BCUT2D eigenvalue weighted by molar-refractivity contribution is 0.0900. The number of rotatable bonds is 5. The van der Waals surface area contributed by atoms with E-state index in [1.54, 1.807) is 26.0 Å². The van der Waals surface area contributed by atoms with Crippen LogP contribution in [0.15, 0.2) is 27.6 Å². The van der Waals surface area contributed by atoms with Gasteiger partial charge in [-0.25, -0.2) is 4.98 Å². The third kappa shape index (κ3) is 4.57. The summed E-state index contributed by atoms with van der Waals surface area (Å²) in [7, 11) is 0. The molecule has 136 valence electrons. The van der Waals surface area contributed by atoms with Crippen LogP contribution in [0.3, 0.4) is 0 Å². The number of carbonyl (C=O) groups excluding carboxylic acids is 1. The average Bonchev–Trinajstić information content (AvgIpc) is 2.99. The van der Waals surface area contributed by atoms with E-state index in [9.17, 15) is 14.7 Å². The van der Waals surface area contributed by atoms with Crippen molar-refractivity contribution in [3.05, 3.63) is 51.6 Å². The first-order valence-corrected chi connectivity index (χ1v) is 8.23. The molecule has 1 amide bonds. The highest BCUT2D eigenvalue weighted by Crippen LogP contribution is 2.19. The topological polar surface area (TPSA) is 108 Å². The number of nitrogens with one attached hydrogen (secondary N) is 2. The summed E-state index contributed by atoms with van der Waals surface area (Å²) in [5, 5.41) is 12.8. The van der Waals surface area contributed by atoms with Crippen LogP contribution in [0.4, 0.5) is 0 Å². The van der Waals surface area contributed by atoms with E-state index in [4.69, 9.17) is 4.42 Å². The maximum absolute atomic E-state index is 12.4. The lowest BCUT2D eigenvalue weighted by Gasteiger charge is -2.19. The highest BCUT2D eigenvalue weighted by Gasteiger charge is 2.23. The summed E-state index contributed by atoms with van der Waals surface area (Å²) in [6.07, 6.45) is 0.919. The van der Waals surface area contributed by atoms with Gasteiger partial charge in [-0.3, -0.25) is 9.59 Å². The fourth-order valence-electron chi connectivity index (χ4n) is 2.50. The summed E-state index contributed by atoms with van der Waals surface area (Å²) in [5.74, 6) is 0.463. The van der Waals surface area contributed by atoms with Gasteiger partial charge in [-0.1, -0.05) is 20.8 Å². The Morgan fingerprint density at radius 2 is 2.12 bits per heavy atom. The summed E-state index contributed by atoms with van der Waals surface area (Å²) in [6.45, 7) is 9.19. The summed E-state index contributed by atoms with van der Waals surface area (Å²) >= 11 is 0. The van der Waals surface area contributed by atoms with E-state index in [0.29, 0.717) is 17.3 Å². The molecule has 2 atom stereocenters. The van der Waals surface area contributed by atoms with Gasteiger partial charge in [-0.05, 0) is 26.0 Å². The zero-order valence-corrected chi connectivity index (χ0v) is 15.2. The first kappa shape index (κ1) is 18.9. The third-order valence-electron chi connectivity index (χ3n) is 3.86. The predicted octanol–water partition coefficient (Wildman–Crippen LogP) is 2.21. The van der Waals surface area contributed by atoms with E-state index in [2.05, 4.69) is 15.3 Å². The number of aromatic amines is 1. The monoisotopic (exact) mass is 347 g/mol. The van der Waals surface area contributed by atoms with Gasteiger partial charge >= 0.3 is 0 Å². The molecule has 0 aliphatic heterocycles. The van der Waals surface area contributed by atoms with Crippen LogP contribution in [0, 0.1) is 6.92 Å². The minimum atomic E-state index is -0.828. The molecule has 0 saturated heterocycles. The zero-order valence-electron chi connectivity index (χ0n) is 15.2. The van der Waals surface area contributed by atoms with Crippen LogP contribution in [0.25, 0.3) is 0 Å². The maximum atomic E-state index is 12.4. The Labute approximate surface area is 146 Å². The second-order valence-electron chi connectivity index (χ2n) is 7.27. The lowest BCUT2D eigenvalue weighted by Crippen LogP contribution is -2.38. The van der Waals surface area contributed by atoms with Crippen molar-refractivity contribution in [2.75, 3.05) is 0 Å². The molecular weight excluding hydrogens is 322 g/mol. The van der Waals surface area contributed by atoms with Crippen molar-refractivity contribution in [3.63, 3.8) is 0 Å². The van der Waals surface area contributed by atoms with Gasteiger partial charge in [0.25, 0.3) is 11.5 Å². The van der Waals surface area contributed by atoms with Gasteiger partial charge in [-0.2, -0.15) is 0 Å². The predicted molar refractivity (Wildman–Crippen MR) is 93.5 cm³/mol. The second-order valence-corrected chi connectivity index (χ2v) is 7.27. The van der Waals surface area contributed by atoms with Crippen molar-refractivity contribution in [2.45, 2.75) is 58.6 Å². The molecule has 2 aromatic rings. The van der Waals surface area contributed by atoms with Gasteiger partial charge < -0.3 is 19.8 Å². The Balaban J connectivity index is 2.11. The number of amides is 1. The fourth-order valence-corrected chi connectivity index (χ4v) is 2.50. The minimum Gasteiger partial charge on any atom is -0.467 e. The Bertz CT molecular complexity index is 788. The standard InChI is InChI=1S/C18H25N3O4/c1-10(9-12(22)13-7-6-8-25-13)19-15(23)14-11(2)20-17(18(3,4)5)21-16(14)24/h6-8,10,12,22H,9H2,1-5H3,(H,19,23)(H,20,21,24). The summed E-state index contributed by atoms with van der Waals surface area (Å²) in [6, 6.07) is 3.00. The van der Waals surface area contributed by atoms with Gasteiger partial charge in [0.1, 0.15) is 23.3 Å². The lowest BCUT2D eigenvalue weighted by atomic mass is 9.95. The third-order valence-corrected chi connectivity index (χ3v) is 3.86. The quantitative estimate of drug-likeness (QED) is 0.768. The number of aliphatic hydroxyl groups is 1. The Kier molecular flexibility index (Phi) is 5.47. The van der Waals surface area contributed by atoms with Crippen LogP contribution in [0.1, 0.15) is 67.9 Å².